The van der Waals surface area contributed by atoms with Crippen LogP contribution in [0.5, 0.6) is 5.75 Å². The summed E-state index contributed by atoms with van der Waals surface area (Å²) in [4.78, 5) is 20.2. The third-order valence-electron chi connectivity index (χ3n) is 4.51. The number of benzene rings is 2. The Hall–Kier alpha value is -3.61. The van der Waals surface area contributed by atoms with E-state index < -0.39 is 0 Å². The fourth-order valence-electron chi connectivity index (χ4n) is 3.05. The van der Waals surface area contributed by atoms with Gasteiger partial charge in [-0.1, -0.05) is 37.3 Å². The number of H-pyrrole nitrogens is 1. The van der Waals surface area contributed by atoms with Crippen molar-refractivity contribution in [2.45, 2.75) is 19.9 Å². The van der Waals surface area contributed by atoms with Gasteiger partial charge in [0.15, 0.2) is 11.5 Å². The van der Waals surface area contributed by atoms with E-state index >= 15 is 0 Å². The summed E-state index contributed by atoms with van der Waals surface area (Å²) in [5, 5.41) is 8.34. The molecule has 7 heteroatoms. The molecule has 0 spiro atoms. The lowest BCUT2D eigenvalue weighted by molar-refractivity contribution is 0.414. The van der Waals surface area contributed by atoms with Gasteiger partial charge in [0.05, 0.1) is 13.7 Å². The number of aromatic amines is 1. The number of ether oxygens (including phenoxy) is 1. The molecule has 0 radical (unpaired) electrons. The molecule has 142 valence electrons. The molecule has 2 heterocycles. The van der Waals surface area contributed by atoms with Crippen molar-refractivity contribution in [3.05, 3.63) is 76.3 Å². The first-order chi connectivity index (χ1) is 13.7. The summed E-state index contributed by atoms with van der Waals surface area (Å²) in [6, 6.07) is 17.4. The first kappa shape index (κ1) is 17.8. The van der Waals surface area contributed by atoms with E-state index in [1.165, 1.54) is 0 Å². The molecule has 0 aliphatic heterocycles. The molecular formula is C21H21N5O2. The number of nitrogens with one attached hydrogen (secondary N) is 2. The number of hydrogen-bond acceptors (Lipinski definition) is 5. The molecule has 28 heavy (non-hydrogen) atoms. The Balaban J connectivity index is 1.80. The number of nitrogens with zero attached hydrogens (tertiary/aromatic N) is 3. The molecule has 0 fully saturated rings. The summed E-state index contributed by atoms with van der Waals surface area (Å²) in [6.45, 7) is 2.45. The second-order valence-corrected chi connectivity index (χ2v) is 6.41. The lowest BCUT2D eigenvalue weighted by Crippen LogP contribution is -2.13. The standard InChI is InChI=1S/C21H21N5O2/c1-3-17-23-20-18(21(27)24-17)19(22-15-7-5-4-6-8-15)25-26(20)13-14-9-11-16(28-2)12-10-14/h4-12H,3,13H2,1-2H3,(H,22,25)(H,23,24,27). The van der Waals surface area contributed by atoms with Crippen molar-refractivity contribution in [1.29, 1.82) is 0 Å². The predicted molar refractivity (Wildman–Crippen MR) is 109 cm³/mol. The van der Waals surface area contributed by atoms with Gasteiger partial charge in [-0.2, -0.15) is 5.10 Å². The van der Waals surface area contributed by atoms with Crippen molar-refractivity contribution >= 4 is 22.5 Å². The number of rotatable bonds is 6. The van der Waals surface area contributed by atoms with E-state index in [4.69, 9.17) is 4.74 Å². The lowest BCUT2D eigenvalue weighted by atomic mass is 10.2. The molecule has 0 aliphatic rings. The monoisotopic (exact) mass is 375 g/mol. The number of para-hydroxylation sites is 1. The van der Waals surface area contributed by atoms with Gasteiger partial charge in [-0.15, -0.1) is 0 Å². The predicted octanol–water partition coefficient (Wildman–Crippen LogP) is 3.48. The Morgan fingerprint density at radius 1 is 1.11 bits per heavy atom. The molecule has 0 amide bonds. The van der Waals surface area contributed by atoms with Gasteiger partial charge >= 0.3 is 0 Å². The maximum Gasteiger partial charge on any atom is 0.264 e. The van der Waals surface area contributed by atoms with Gasteiger partial charge in [0, 0.05) is 12.1 Å². The average molecular weight is 375 g/mol. The van der Waals surface area contributed by atoms with Gasteiger partial charge < -0.3 is 15.0 Å². The first-order valence-electron chi connectivity index (χ1n) is 9.12. The molecule has 2 N–H and O–H groups in total. The van der Waals surface area contributed by atoms with E-state index in [1.54, 1.807) is 11.8 Å². The van der Waals surface area contributed by atoms with Gasteiger partial charge in [0.2, 0.25) is 0 Å². The number of anilines is 2. The molecule has 0 atom stereocenters. The molecule has 2 aromatic carbocycles. The lowest BCUT2D eigenvalue weighted by Gasteiger charge is -2.05. The summed E-state index contributed by atoms with van der Waals surface area (Å²) in [7, 11) is 1.64. The largest absolute Gasteiger partial charge is 0.497 e. The molecule has 0 aliphatic carbocycles. The second kappa shape index (κ2) is 7.56. The van der Waals surface area contributed by atoms with Crippen LogP contribution in [-0.2, 0) is 13.0 Å². The zero-order valence-corrected chi connectivity index (χ0v) is 15.8. The van der Waals surface area contributed by atoms with Gasteiger partial charge in [0.1, 0.15) is 17.0 Å². The SMILES string of the molecule is CCc1nc2c(c(Nc3ccccc3)nn2Cc2ccc(OC)cc2)c(=O)[nH]1. The Kier molecular flexibility index (Phi) is 4.80. The van der Waals surface area contributed by atoms with Crippen molar-refractivity contribution in [2.24, 2.45) is 0 Å². The van der Waals surface area contributed by atoms with E-state index in [1.807, 2.05) is 61.5 Å². The molecule has 0 saturated heterocycles. The highest BCUT2D eigenvalue weighted by molar-refractivity contribution is 5.88. The smallest absolute Gasteiger partial charge is 0.264 e. The summed E-state index contributed by atoms with van der Waals surface area (Å²) in [6.07, 6.45) is 0.639. The molecule has 0 bridgehead atoms. The summed E-state index contributed by atoms with van der Waals surface area (Å²) >= 11 is 0. The van der Waals surface area contributed by atoms with Gasteiger partial charge in [-0.05, 0) is 29.8 Å². The van der Waals surface area contributed by atoms with Gasteiger partial charge in [-0.3, -0.25) is 4.79 Å². The number of hydrogen-bond donors (Lipinski definition) is 2. The maximum atomic E-state index is 12.7. The number of aryl methyl sites for hydroxylation is 1. The van der Waals surface area contributed by atoms with Crippen LogP contribution < -0.4 is 15.6 Å². The van der Waals surface area contributed by atoms with Crippen LogP contribution in [-0.4, -0.2) is 26.9 Å². The second-order valence-electron chi connectivity index (χ2n) is 6.41. The van der Waals surface area contributed by atoms with E-state index in [2.05, 4.69) is 20.4 Å². The Morgan fingerprint density at radius 3 is 2.54 bits per heavy atom. The van der Waals surface area contributed by atoms with Crippen LogP contribution in [0.1, 0.15) is 18.3 Å². The number of aromatic nitrogens is 4. The third kappa shape index (κ3) is 3.46. The maximum absolute atomic E-state index is 12.7. The van der Waals surface area contributed by atoms with Crippen molar-refractivity contribution in [3.8, 4) is 5.75 Å². The third-order valence-corrected chi connectivity index (χ3v) is 4.51. The summed E-state index contributed by atoms with van der Waals surface area (Å²) < 4.78 is 6.98. The highest BCUT2D eigenvalue weighted by Gasteiger charge is 2.17. The van der Waals surface area contributed by atoms with Crippen LogP contribution in [0.4, 0.5) is 11.5 Å². The minimum atomic E-state index is -0.193. The highest BCUT2D eigenvalue weighted by atomic mass is 16.5. The fraction of sp³-hybridized carbons (Fsp3) is 0.190. The molecule has 7 nitrogen and oxygen atoms in total. The first-order valence-corrected chi connectivity index (χ1v) is 9.12. The molecular weight excluding hydrogens is 354 g/mol. The van der Waals surface area contributed by atoms with Crippen LogP contribution in [0.15, 0.2) is 59.4 Å². The van der Waals surface area contributed by atoms with E-state index in [-0.39, 0.29) is 5.56 Å². The van der Waals surface area contributed by atoms with Crippen LogP contribution in [0.3, 0.4) is 0 Å². The minimum Gasteiger partial charge on any atom is -0.497 e. The van der Waals surface area contributed by atoms with Crippen LogP contribution in [0.2, 0.25) is 0 Å². The van der Waals surface area contributed by atoms with E-state index in [0.717, 1.165) is 17.0 Å². The van der Waals surface area contributed by atoms with E-state index in [9.17, 15) is 4.79 Å². The Morgan fingerprint density at radius 2 is 1.86 bits per heavy atom. The summed E-state index contributed by atoms with van der Waals surface area (Å²) in [5.41, 5.74) is 2.27. The minimum absolute atomic E-state index is 0.193. The molecule has 0 unspecified atom stereocenters. The average Bonchev–Trinajstić information content (AvgIpc) is 3.06. The van der Waals surface area contributed by atoms with E-state index in [0.29, 0.717) is 35.6 Å². The molecule has 2 aromatic heterocycles. The normalized spacial score (nSPS) is 10.9. The van der Waals surface area contributed by atoms with Crippen LogP contribution in [0, 0.1) is 0 Å². The van der Waals surface area contributed by atoms with Crippen molar-refractivity contribution in [1.82, 2.24) is 19.7 Å². The fourth-order valence-corrected chi connectivity index (χ4v) is 3.05. The van der Waals surface area contributed by atoms with Gasteiger partial charge in [0.25, 0.3) is 5.56 Å². The van der Waals surface area contributed by atoms with Crippen molar-refractivity contribution < 1.29 is 4.74 Å². The topological polar surface area (TPSA) is 84.8 Å². The van der Waals surface area contributed by atoms with Crippen molar-refractivity contribution in [2.75, 3.05) is 12.4 Å². The summed E-state index contributed by atoms with van der Waals surface area (Å²) in [5.74, 6) is 1.93. The number of fused-ring (bicyclic) bond motifs is 1. The molecule has 4 aromatic rings. The van der Waals surface area contributed by atoms with Gasteiger partial charge in [-0.25, -0.2) is 9.67 Å². The van der Waals surface area contributed by atoms with Crippen LogP contribution >= 0.6 is 0 Å². The molecule has 4 rings (SSSR count). The highest BCUT2D eigenvalue weighted by Crippen LogP contribution is 2.23. The molecule has 0 saturated carbocycles. The quantitative estimate of drug-likeness (QED) is 0.539. The van der Waals surface area contributed by atoms with Crippen LogP contribution in [0.25, 0.3) is 11.0 Å². The number of methoxy groups -OCH3 is 1. The Bertz CT molecular complexity index is 1150. The zero-order valence-electron chi connectivity index (χ0n) is 15.8. The Labute approximate surface area is 162 Å². The van der Waals surface area contributed by atoms with Crippen molar-refractivity contribution in [3.63, 3.8) is 0 Å². The zero-order chi connectivity index (χ0) is 19.5.